The minimum absolute atomic E-state index is 0.0268. The first kappa shape index (κ1) is 14.7. The topological polar surface area (TPSA) is 44.9 Å². The molecule has 0 radical (unpaired) electrons. The molecule has 2 atom stereocenters. The van der Waals surface area contributed by atoms with Gasteiger partial charge in [-0.05, 0) is 36.1 Å². The number of aromatic amines is 1. The molecule has 4 heteroatoms. The van der Waals surface area contributed by atoms with Gasteiger partial charge in [-0.1, -0.05) is 31.5 Å². The molecule has 1 heterocycles. The van der Waals surface area contributed by atoms with E-state index in [0.717, 1.165) is 16.5 Å². The van der Waals surface area contributed by atoms with Crippen LogP contribution in [0.1, 0.15) is 31.7 Å². The van der Waals surface area contributed by atoms with Gasteiger partial charge in [0.05, 0.1) is 0 Å². The van der Waals surface area contributed by atoms with Gasteiger partial charge in [0.1, 0.15) is 0 Å². The highest BCUT2D eigenvalue weighted by Crippen LogP contribution is 2.30. The minimum Gasteiger partial charge on any atom is -0.322 e. The third-order valence-corrected chi connectivity index (χ3v) is 5.54. The average Bonchev–Trinajstić information content (AvgIpc) is 2.93. The number of benzene rings is 1. The molecule has 0 spiro atoms. The summed E-state index contributed by atoms with van der Waals surface area (Å²) in [5.41, 5.74) is 1.77. The van der Waals surface area contributed by atoms with Crippen LogP contribution in [-0.2, 0) is 6.54 Å². The zero-order valence-electron chi connectivity index (χ0n) is 12.4. The smallest absolute Gasteiger partial charge is 0.252 e. The van der Waals surface area contributed by atoms with Gasteiger partial charge in [0, 0.05) is 28.9 Å². The Labute approximate surface area is 129 Å². The molecule has 1 aliphatic rings. The molecule has 3 nitrogen and oxygen atoms in total. The second kappa shape index (κ2) is 6.67. The Morgan fingerprint density at radius 3 is 3.05 bits per heavy atom. The van der Waals surface area contributed by atoms with Gasteiger partial charge in [-0.3, -0.25) is 4.79 Å². The molecule has 0 saturated heterocycles. The maximum Gasteiger partial charge on any atom is 0.252 e. The molecule has 1 fully saturated rings. The predicted molar refractivity (Wildman–Crippen MR) is 91.0 cm³/mol. The summed E-state index contributed by atoms with van der Waals surface area (Å²) in [6, 6.07) is 10.5. The van der Waals surface area contributed by atoms with E-state index in [2.05, 4.69) is 17.2 Å². The van der Waals surface area contributed by atoms with Crippen LogP contribution in [0.2, 0.25) is 0 Å². The number of hydrogen-bond donors (Lipinski definition) is 2. The molecule has 112 valence electrons. The average molecular weight is 302 g/mol. The van der Waals surface area contributed by atoms with Crippen molar-refractivity contribution >= 4 is 22.7 Å². The lowest BCUT2D eigenvalue weighted by Crippen LogP contribution is -2.35. The molecule has 1 saturated carbocycles. The number of nitrogens with one attached hydrogen (secondary N) is 2. The molecule has 0 amide bonds. The van der Waals surface area contributed by atoms with Crippen LogP contribution in [0.25, 0.3) is 10.9 Å². The highest BCUT2D eigenvalue weighted by atomic mass is 32.2. The summed E-state index contributed by atoms with van der Waals surface area (Å²) in [7, 11) is 0. The Bertz CT molecular complexity index is 667. The van der Waals surface area contributed by atoms with Gasteiger partial charge >= 0.3 is 0 Å². The number of fused-ring (bicyclic) bond motifs is 1. The van der Waals surface area contributed by atoms with Crippen molar-refractivity contribution in [3.8, 4) is 0 Å². The highest BCUT2D eigenvalue weighted by Gasteiger charge is 2.26. The second-order valence-corrected chi connectivity index (χ2v) is 7.14. The largest absolute Gasteiger partial charge is 0.322 e. The SMILES string of the molecule is CCSC1CCCC1NCc1cc2ccccc2[nH]c1=O. The number of H-pyrrole nitrogens is 1. The van der Waals surface area contributed by atoms with E-state index in [1.165, 1.54) is 25.0 Å². The van der Waals surface area contributed by atoms with Crippen molar-refractivity contribution < 1.29 is 0 Å². The summed E-state index contributed by atoms with van der Waals surface area (Å²) in [6.07, 6.45) is 3.82. The fourth-order valence-electron chi connectivity index (χ4n) is 3.14. The summed E-state index contributed by atoms with van der Waals surface area (Å²) in [5, 5.41) is 5.40. The van der Waals surface area contributed by atoms with Gasteiger partial charge in [0.15, 0.2) is 0 Å². The van der Waals surface area contributed by atoms with Gasteiger partial charge < -0.3 is 10.3 Å². The van der Waals surface area contributed by atoms with E-state index in [0.29, 0.717) is 17.8 Å². The summed E-state index contributed by atoms with van der Waals surface area (Å²) < 4.78 is 0. The third-order valence-electron chi connectivity index (χ3n) is 4.22. The Balaban J connectivity index is 1.73. The van der Waals surface area contributed by atoms with Crippen LogP contribution in [0.3, 0.4) is 0 Å². The fraction of sp³-hybridized carbons (Fsp3) is 0.471. The first-order chi connectivity index (χ1) is 10.3. The second-order valence-electron chi connectivity index (χ2n) is 5.62. The molecule has 0 bridgehead atoms. The van der Waals surface area contributed by atoms with E-state index in [4.69, 9.17) is 0 Å². The molecule has 1 aromatic carbocycles. The van der Waals surface area contributed by atoms with Crippen molar-refractivity contribution in [2.75, 3.05) is 5.75 Å². The lowest BCUT2D eigenvalue weighted by Gasteiger charge is -2.20. The molecule has 2 unspecified atom stereocenters. The number of para-hydroxylation sites is 1. The van der Waals surface area contributed by atoms with E-state index in [1.807, 2.05) is 42.1 Å². The molecule has 2 aromatic rings. The Morgan fingerprint density at radius 1 is 1.33 bits per heavy atom. The van der Waals surface area contributed by atoms with Gasteiger partial charge in [-0.2, -0.15) is 11.8 Å². The van der Waals surface area contributed by atoms with Gasteiger partial charge in [-0.25, -0.2) is 0 Å². The number of hydrogen-bond acceptors (Lipinski definition) is 3. The van der Waals surface area contributed by atoms with Crippen LogP contribution >= 0.6 is 11.8 Å². The number of aromatic nitrogens is 1. The number of thioether (sulfide) groups is 1. The summed E-state index contributed by atoms with van der Waals surface area (Å²) >= 11 is 2.04. The van der Waals surface area contributed by atoms with Crippen LogP contribution in [0, 0.1) is 0 Å². The van der Waals surface area contributed by atoms with E-state index in [-0.39, 0.29) is 5.56 Å². The summed E-state index contributed by atoms with van der Waals surface area (Å²) in [5.74, 6) is 1.17. The normalized spacial score (nSPS) is 22.0. The molecule has 3 rings (SSSR count). The molecule has 1 aliphatic carbocycles. The van der Waals surface area contributed by atoms with Crippen molar-refractivity contribution in [2.24, 2.45) is 0 Å². The van der Waals surface area contributed by atoms with Gasteiger partial charge in [0.25, 0.3) is 5.56 Å². The first-order valence-corrected chi connectivity index (χ1v) is 8.78. The quantitative estimate of drug-likeness (QED) is 0.891. The number of pyridine rings is 1. The molecular weight excluding hydrogens is 280 g/mol. The van der Waals surface area contributed by atoms with E-state index in [9.17, 15) is 4.79 Å². The lowest BCUT2D eigenvalue weighted by molar-refractivity contribution is 0.530. The predicted octanol–water partition coefficient (Wildman–Crippen LogP) is 3.29. The lowest BCUT2D eigenvalue weighted by atomic mass is 10.1. The number of rotatable bonds is 5. The monoisotopic (exact) mass is 302 g/mol. The molecule has 2 N–H and O–H groups in total. The summed E-state index contributed by atoms with van der Waals surface area (Å²) in [6.45, 7) is 2.87. The standard InChI is InChI=1S/C17H22N2OS/c1-2-21-16-9-5-8-15(16)18-11-13-10-12-6-3-4-7-14(12)19-17(13)20/h3-4,6-7,10,15-16,18H,2,5,8-9,11H2,1H3,(H,19,20). The Kier molecular flexibility index (Phi) is 4.66. The minimum atomic E-state index is 0.0268. The third kappa shape index (κ3) is 3.33. The molecular formula is C17H22N2OS. The van der Waals surface area contributed by atoms with Crippen LogP contribution in [-0.4, -0.2) is 22.0 Å². The van der Waals surface area contributed by atoms with Crippen molar-refractivity contribution in [1.82, 2.24) is 10.3 Å². The van der Waals surface area contributed by atoms with E-state index in [1.54, 1.807) is 0 Å². The zero-order chi connectivity index (χ0) is 14.7. The zero-order valence-corrected chi connectivity index (χ0v) is 13.2. The maximum absolute atomic E-state index is 12.1. The Hall–Kier alpha value is -1.26. The van der Waals surface area contributed by atoms with Crippen molar-refractivity contribution in [2.45, 2.75) is 44.0 Å². The van der Waals surface area contributed by atoms with E-state index < -0.39 is 0 Å². The van der Waals surface area contributed by atoms with Gasteiger partial charge in [-0.15, -0.1) is 0 Å². The van der Waals surface area contributed by atoms with Crippen LogP contribution in [0.5, 0.6) is 0 Å². The van der Waals surface area contributed by atoms with Crippen molar-refractivity contribution in [1.29, 1.82) is 0 Å². The van der Waals surface area contributed by atoms with E-state index >= 15 is 0 Å². The molecule has 1 aromatic heterocycles. The van der Waals surface area contributed by atoms with Gasteiger partial charge in [0.2, 0.25) is 0 Å². The van der Waals surface area contributed by atoms with Crippen molar-refractivity contribution in [3.05, 3.63) is 46.2 Å². The highest BCUT2D eigenvalue weighted by molar-refractivity contribution is 7.99. The fourth-order valence-corrected chi connectivity index (χ4v) is 4.36. The van der Waals surface area contributed by atoms with Crippen molar-refractivity contribution in [3.63, 3.8) is 0 Å². The maximum atomic E-state index is 12.1. The van der Waals surface area contributed by atoms with Crippen LogP contribution in [0.4, 0.5) is 0 Å². The van der Waals surface area contributed by atoms with Crippen LogP contribution < -0.4 is 10.9 Å². The van der Waals surface area contributed by atoms with Crippen LogP contribution in [0.15, 0.2) is 35.1 Å². The summed E-state index contributed by atoms with van der Waals surface area (Å²) in [4.78, 5) is 15.1. The molecule has 0 aliphatic heterocycles. The molecule has 21 heavy (non-hydrogen) atoms. The first-order valence-electron chi connectivity index (χ1n) is 7.74. The Morgan fingerprint density at radius 2 is 2.19 bits per heavy atom.